The van der Waals surface area contributed by atoms with Crippen molar-refractivity contribution in [1.82, 2.24) is 4.90 Å². The lowest BCUT2D eigenvalue weighted by molar-refractivity contribution is -0.0203. The Morgan fingerprint density at radius 3 is 2.60 bits per heavy atom. The molecule has 1 aromatic carbocycles. The molecule has 5 heteroatoms. The number of halogens is 2. The van der Waals surface area contributed by atoms with Gasteiger partial charge in [0.2, 0.25) is 0 Å². The maximum atomic E-state index is 9.99. The molecule has 0 amide bonds. The second-order valence-electron chi connectivity index (χ2n) is 5.83. The van der Waals surface area contributed by atoms with Crippen LogP contribution in [0.15, 0.2) is 30.3 Å². The van der Waals surface area contributed by atoms with Crippen molar-refractivity contribution in [1.29, 1.82) is 0 Å². The minimum absolute atomic E-state index is 0. The summed E-state index contributed by atoms with van der Waals surface area (Å²) in [6, 6.07) is 11.1. The zero-order valence-corrected chi connectivity index (χ0v) is 13.2. The summed E-state index contributed by atoms with van der Waals surface area (Å²) in [5.41, 5.74) is 7.41. The number of aliphatic hydroxyl groups is 1. The van der Waals surface area contributed by atoms with E-state index in [0.717, 1.165) is 25.8 Å². The van der Waals surface area contributed by atoms with Crippen LogP contribution in [0.4, 0.5) is 0 Å². The molecule has 1 aromatic rings. The molecular formula is C15H24Cl2N2O. The highest BCUT2D eigenvalue weighted by molar-refractivity contribution is 5.85. The fraction of sp³-hybridized carbons (Fsp3) is 0.600. The van der Waals surface area contributed by atoms with Crippen LogP contribution < -0.4 is 5.73 Å². The van der Waals surface area contributed by atoms with Crippen LogP contribution in [0.1, 0.15) is 31.2 Å². The third kappa shape index (κ3) is 3.12. The molecule has 2 aliphatic rings. The maximum Gasteiger partial charge on any atom is 0.0573 e. The zero-order valence-electron chi connectivity index (χ0n) is 11.6. The van der Waals surface area contributed by atoms with E-state index in [2.05, 4.69) is 35.2 Å². The fourth-order valence-electron chi connectivity index (χ4n) is 3.80. The Kier molecular flexibility index (Phi) is 6.29. The Balaban J connectivity index is 0.000001000. The summed E-state index contributed by atoms with van der Waals surface area (Å²) in [6.45, 7) is 1.63. The van der Waals surface area contributed by atoms with E-state index in [0.29, 0.717) is 12.6 Å². The van der Waals surface area contributed by atoms with E-state index >= 15 is 0 Å². The normalized spacial score (nSPS) is 32.3. The van der Waals surface area contributed by atoms with Crippen molar-refractivity contribution in [2.45, 2.75) is 49.9 Å². The average Bonchev–Trinajstić information content (AvgIpc) is 2.60. The Hall–Kier alpha value is -0.320. The molecule has 0 spiro atoms. The molecule has 2 aliphatic heterocycles. The van der Waals surface area contributed by atoms with E-state index in [-0.39, 0.29) is 36.5 Å². The predicted octanol–water partition coefficient (Wildman–Crippen LogP) is 2.35. The number of benzene rings is 1. The molecule has 2 heterocycles. The van der Waals surface area contributed by atoms with E-state index < -0.39 is 0 Å². The van der Waals surface area contributed by atoms with Gasteiger partial charge in [-0.05, 0) is 31.2 Å². The molecule has 2 unspecified atom stereocenters. The molecule has 2 bridgehead atoms. The van der Waals surface area contributed by atoms with Crippen molar-refractivity contribution in [3.05, 3.63) is 35.9 Å². The molecule has 3 N–H and O–H groups in total. The van der Waals surface area contributed by atoms with Crippen LogP contribution in [0.2, 0.25) is 0 Å². The number of piperidine rings is 1. The standard InChI is InChI=1S/C15H22N2O.2ClH/c16-11-15-7-6-13(8-14(18)9-15)17(15)10-12-4-2-1-3-5-12;;/h1-5,13-14,18H,6-11,16H2;2*1H/t13?,14-,15?;;/m0../s1. The minimum atomic E-state index is -0.159. The molecular weight excluding hydrogens is 295 g/mol. The third-order valence-corrected chi connectivity index (χ3v) is 4.73. The van der Waals surface area contributed by atoms with E-state index in [1.807, 2.05) is 0 Å². The molecule has 3 nitrogen and oxygen atoms in total. The van der Waals surface area contributed by atoms with Gasteiger partial charge in [-0.15, -0.1) is 24.8 Å². The van der Waals surface area contributed by atoms with Crippen LogP contribution in [0.25, 0.3) is 0 Å². The molecule has 2 saturated heterocycles. The van der Waals surface area contributed by atoms with Gasteiger partial charge in [-0.25, -0.2) is 0 Å². The van der Waals surface area contributed by atoms with Crippen LogP contribution in [0.3, 0.4) is 0 Å². The second-order valence-corrected chi connectivity index (χ2v) is 5.83. The van der Waals surface area contributed by atoms with Crippen LogP contribution in [-0.4, -0.2) is 34.2 Å². The van der Waals surface area contributed by atoms with Gasteiger partial charge in [0.1, 0.15) is 0 Å². The number of rotatable bonds is 3. The van der Waals surface area contributed by atoms with Crippen molar-refractivity contribution in [2.75, 3.05) is 6.54 Å². The van der Waals surface area contributed by atoms with Crippen LogP contribution in [0, 0.1) is 0 Å². The zero-order chi connectivity index (χ0) is 12.6. The Labute approximate surface area is 133 Å². The van der Waals surface area contributed by atoms with Gasteiger partial charge < -0.3 is 10.8 Å². The lowest BCUT2D eigenvalue weighted by atomic mass is 9.86. The number of nitrogens with two attached hydrogens (primary N) is 1. The summed E-state index contributed by atoms with van der Waals surface area (Å²) < 4.78 is 0. The molecule has 20 heavy (non-hydrogen) atoms. The minimum Gasteiger partial charge on any atom is -0.393 e. The summed E-state index contributed by atoms with van der Waals surface area (Å²) in [4.78, 5) is 2.55. The van der Waals surface area contributed by atoms with Crippen molar-refractivity contribution in [2.24, 2.45) is 5.73 Å². The van der Waals surface area contributed by atoms with Crippen LogP contribution in [-0.2, 0) is 6.54 Å². The van der Waals surface area contributed by atoms with E-state index in [1.54, 1.807) is 0 Å². The molecule has 0 aliphatic carbocycles. The predicted molar refractivity (Wildman–Crippen MR) is 86.5 cm³/mol. The number of hydrogen-bond donors (Lipinski definition) is 2. The number of aliphatic hydroxyl groups excluding tert-OH is 1. The van der Waals surface area contributed by atoms with Crippen LogP contribution >= 0.6 is 24.8 Å². The molecule has 3 rings (SSSR count). The Bertz CT molecular complexity index is 418. The van der Waals surface area contributed by atoms with Gasteiger partial charge in [-0.3, -0.25) is 4.90 Å². The van der Waals surface area contributed by atoms with Crippen molar-refractivity contribution < 1.29 is 5.11 Å². The largest absolute Gasteiger partial charge is 0.393 e. The Morgan fingerprint density at radius 1 is 1.25 bits per heavy atom. The SMILES string of the molecule is Cl.Cl.NCC12CCC(C[C@H](O)C1)N2Cc1ccccc1. The van der Waals surface area contributed by atoms with Gasteiger partial charge in [0.15, 0.2) is 0 Å². The van der Waals surface area contributed by atoms with Crippen molar-refractivity contribution in [3.63, 3.8) is 0 Å². The highest BCUT2D eigenvalue weighted by Crippen LogP contribution is 2.44. The van der Waals surface area contributed by atoms with E-state index in [4.69, 9.17) is 5.73 Å². The van der Waals surface area contributed by atoms with Gasteiger partial charge in [0, 0.05) is 24.7 Å². The molecule has 3 atom stereocenters. The van der Waals surface area contributed by atoms with Crippen LogP contribution in [0.5, 0.6) is 0 Å². The first-order chi connectivity index (χ1) is 8.73. The fourth-order valence-corrected chi connectivity index (χ4v) is 3.80. The summed E-state index contributed by atoms with van der Waals surface area (Å²) in [5, 5.41) is 9.99. The van der Waals surface area contributed by atoms with Crippen molar-refractivity contribution in [3.8, 4) is 0 Å². The van der Waals surface area contributed by atoms with Gasteiger partial charge in [0.25, 0.3) is 0 Å². The molecule has 0 saturated carbocycles. The highest BCUT2D eigenvalue weighted by Gasteiger charge is 2.50. The molecule has 0 radical (unpaired) electrons. The van der Waals surface area contributed by atoms with Gasteiger partial charge in [0.05, 0.1) is 6.10 Å². The summed E-state index contributed by atoms with van der Waals surface area (Å²) >= 11 is 0. The first-order valence-electron chi connectivity index (χ1n) is 6.92. The van der Waals surface area contributed by atoms with Gasteiger partial charge in [-0.1, -0.05) is 30.3 Å². The lowest BCUT2D eigenvalue weighted by Gasteiger charge is -2.46. The molecule has 2 fully saturated rings. The van der Waals surface area contributed by atoms with Gasteiger partial charge >= 0.3 is 0 Å². The number of fused-ring (bicyclic) bond motifs is 2. The topological polar surface area (TPSA) is 49.5 Å². The van der Waals surface area contributed by atoms with E-state index in [1.165, 1.54) is 12.0 Å². The van der Waals surface area contributed by atoms with Crippen molar-refractivity contribution >= 4 is 24.8 Å². The lowest BCUT2D eigenvalue weighted by Crippen LogP contribution is -2.57. The van der Waals surface area contributed by atoms with Gasteiger partial charge in [-0.2, -0.15) is 0 Å². The first-order valence-corrected chi connectivity index (χ1v) is 6.92. The smallest absolute Gasteiger partial charge is 0.0573 e. The maximum absolute atomic E-state index is 9.99. The summed E-state index contributed by atoms with van der Waals surface area (Å²) in [5.74, 6) is 0. The number of hydrogen-bond acceptors (Lipinski definition) is 3. The first kappa shape index (κ1) is 17.7. The monoisotopic (exact) mass is 318 g/mol. The quantitative estimate of drug-likeness (QED) is 0.899. The molecule has 0 aromatic heterocycles. The van der Waals surface area contributed by atoms with E-state index in [9.17, 15) is 5.11 Å². The second kappa shape index (κ2) is 7.10. The highest BCUT2D eigenvalue weighted by atomic mass is 35.5. The Morgan fingerprint density at radius 2 is 1.95 bits per heavy atom. The third-order valence-electron chi connectivity index (χ3n) is 4.73. The average molecular weight is 319 g/mol. The number of nitrogens with zero attached hydrogens (tertiary/aromatic N) is 1. The summed E-state index contributed by atoms with van der Waals surface area (Å²) in [6.07, 6.45) is 3.91. The summed E-state index contributed by atoms with van der Waals surface area (Å²) in [7, 11) is 0. The molecule has 114 valence electrons.